The van der Waals surface area contributed by atoms with E-state index in [0.29, 0.717) is 36.8 Å². The first kappa shape index (κ1) is 37.7. The summed E-state index contributed by atoms with van der Waals surface area (Å²) in [5.41, 5.74) is 1.32. The van der Waals surface area contributed by atoms with Gasteiger partial charge in [-0.2, -0.15) is 13.2 Å². The lowest BCUT2D eigenvalue weighted by atomic mass is 10.0. The lowest BCUT2D eigenvalue weighted by Crippen LogP contribution is -2.47. The van der Waals surface area contributed by atoms with Gasteiger partial charge in [0.1, 0.15) is 5.75 Å². The second kappa shape index (κ2) is 17.5. The predicted octanol–water partition coefficient (Wildman–Crippen LogP) is 7.28. The normalized spacial score (nSPS) is 20.1. The molecule has 9 nitrogen and oxygen atoms in total. The van der Waals surface area contributed by atoms with Crippen LogP contribution in [0.15, 0.2) is 72.8 Å². The molecule has 3 aromatic rings. The summed E-state index contributed by atoms with van der Waals surface area (Å²) in [7, 11) is 1.89. The molecule has 0 saturated heterocycles. The van der Waals surface area contributed by atoms with Crippen LogP contribution in [0.5, 0.6) is 5.75 Å². The zero-order valence-corrected chi connectivity index (χ0v) is 28.5. The van der Waals surface area contributed by atoms with Crippen molar-refractivity contribution < 1.29 is 37.3 Å². The number of ether oxygens (including phenoxy) is 2. The van der Waals surface area contributed by atoms with Crippen molar-refractivity contribution in [2.45, 2.75) is 71.0 Å². The van der Waals surface area contributed by atoms with E-state index in [9.17, 15) is 27.9 Å². The number of urea groups is 1. The fourth-order valence-corrected chi connectivity index (χ4v) is 5.76. The predicted molar refractivity (Wildman–Crippen MR) is 184 cm³/mol. The van der Waals surface area contributed by atoms with Crippen LogP contribution in [-0.2, 0) is 17.5 Å². The van der Waals surface area contributed by atoms with Crippen LogP contribution in [0.3, 0.4) is 0 Å². The third kappa shape index (κ3) is 11.2. The summed E-state index contributed by atoms with van der Waals surface area (Å²) in [6.07, 6.45) is -2.56. The van der Waals surface area contributed by atoms with Gasteiger partial charge in [-0.3, -0.25) is 9.69 Å². The fraction of sp³-hybridized carbons (Fsp3) is 0.459. The number of hydrogen-bond acceptors (Lipinski definition) is 6. The first-order valence-electron chi connectivity index (χ1n) is 16.7. The van der Waals surface area contributed by atoms with Gasteiger partial charge in [-0.05, 0) is 88.2 Å². The number of nitrogens with one attached hydrogen (secondary N) is 2. The monoisotopic (exact) mass is 684 g/mol. The molecule has 12 heteroatoms. The number of rotatable bonds is 8. The van der Waals surface area contributed by atoms with Crippen molar-refractivity contribution in [2.75, 3.05) is 44.0 Å². The van der Waals surface area contributed by atoms with Gasteiger partial charge in [0.2, 0.25) is 0 Å². The molecule has 3 aromatic carbocycles. The molecule has 4 rings (SSSR count). The van der Waals surface area contributed by atoms with E-state index >= 15 is 0 Å². The van der Waals surface area contributed by atoms with Gasteiger partial charge in [-0.1, -0.05) is 37.3 Å². The highest BCUT2D eigenvalue weighted by atomic mass is 19.4. The number of benzene rings is 3. The van der Waals surface area contributed by atoms with Crippen LogP contribution in [0.25, 0.3) is 0 Å². The maximum Gasteiger partial charge on any atom is 0.416 e. The molecule has 0 unspecified atom stereocenters. The molecule has 1 aliphatic rings. The summed E-state index contributed by atoms with van der Waals surface area (Å²) in [5.74, 6) is -0.163. The number of hydrogen-bond donors (Lipinski definition) is 3. The average Bonchev–Trinajstić information content (AvgIpc) is 3.06. The Bertz CT molecular complexity index is 1510. The Balaban J connectivity index is 1.56. The number of carbonyl (C=O) groups is 2. The largest absolute Gasteiger partial charge is 0.490 e. The van der Waals surface area contributed by atoms with Crippen molar-refractivity contribution in [1.82, 2.24) is 9.80 Å². The molecule has 3 N–H and O–H groups in total. The van der Waals surface area contributed by atoms with Crippen LogP contribution in [-0.4, -0.2) is 78.4 Å². The molecule has 266 valence electrons. The number of amides is 3. The number of para-hydroxylation sites is 1. The second-order valence-electron chi connectivity index (χ2n) is 12.8. The van der Waals surface area contributed by atoms with E-state index in [1.807, 2.05) is 44.0 Å². The number of alkyl halides is 3. The van der Waals surface area contributed by atoms with Gasteiger partial charge in [0.25, 0.3) is 5.91 Å². The van der Waals surface area contributed by atoms with E-state index < -0.39 is 23.8 Å². The van der Waals surface area contributed by atoms with Crippen LogP contribution in [0.1, 0.15) is 61.5 Å². The van der Waals surface area contributed by atoms with Gasteiger partial charge >= 0.3 is 12.2 Å². The molecular weight excluding hydrogens is 637 g/mol. The summed E-state index contributed by atoms with van der Waals surface area (Å²) in [6, 6.07) is 18.1. The molecule has 4 atom stereocenters. The molecule has 1 heterocycles. The highest BCUT2D eigenvalue weighted by molar-refractivity contribution is 6.02. The molecule has 0 spiro atoms. The van der Waals surface area contributed by atoms with E-state index in [4.69, 9.17) is 9.47 Å². The number of likely N-dealkylation sites (N-methyl/N-ethyl adjacent to an activating group) is 1. The topological polar surface area (TPSA) is 103 Å². The number of carbonyl (C=O) groups excluding carboxylic acids is 2. The summed E-state index contributed by atoms with van der Waals surface area (Å²) in [6.45, 7) is 7.04. The molecule has 0 bridgehead atoms. The molecule has 0 aromatic heterocycles. The summed E-state index contributed by atoms with van der Waals surface area (Å²) in [4.78, 5) is 30.7. The second-order valence-corrected chi connectivity index (χ2v) is 12.8. The van der Waals surface area contributed by atoms with Gasteiger partial charge in [0.15, 0.2) is 0 Å². The minimum absolute atomic E-state index is 0.183. The number of anilines is 2. The highest BCUT2D eigenvalue weighted by Gasteiger charge is 2.32. The smallest absolute Gasteiger partial charge is 0.416 e. The van der Waals surface area contributed by atoms with E-state index in [2.05, 4.69) is 10.6 Å². The van der Waals surface area contributed by atoms with E-state index in [0.717, 1.165) is 37.0 Å². The maximum absolute atomic E-state index is 14.3. The Labute approximate surface area is 286 Å². The molecule has 49 heavy (non-hydrogen) atoms. The minimum atomic E-state index is -4.40. The SMILES string of the molecule is C[C@@H]1CN([C@H](C)CO)C(=O)c2cc(NC(=O)Nc3ccccc3)ccc2O[C@@H](C)CCCCO[C@@H]1CN(C)Cc1ccc(C(F)(F)F)cc1. The summed E-state index contributed by atoms with van der Waals surface area (Å²) >= 11 is 0. The van der Waals surface area contributed by atoms with Crippen molar-refractivity contribution >= 4 is 23.3 Å². The van der Waals surface area contributed by atoms with E-state index in [1.54, 1.807) is 42.2 Å². The van der Waals surface area contributed by atoms with Crippen molar-refractivity contribution in [1.29, 1.82) is 0 Å². The zero-order chi connectivity index (χ0) is 35.6. The number of aliphatic hydroxyl groups is 1. The number of halogens is 3. The third-order valence-corrected chi connectivity index (χ3v) is 8.57. The molecule has 0 radical (unpaired) electrons. The Kier molecular flexibility index (Phi) is 13.5. The van der Waals surface area contributed by atoms with Crippen LogP contribution < -0.4 is 15.4 Å². The van der Waals surface area contributed by atoms with Crippen molar-refractivity contribution in [3.05, 3.63) is 89.5 Å². The Morgan fingerprint density at radius 3 is 2.39 bits per heavy atom. The van der Waals surface area contributed by atoms with Crippen molar-refractivity contribution in [3.63, 3.8) is 0 Å². The van der Waals surface area contributed by atoms with Crippen molar-refractivity contribution in [2.24, 2.45) is 5.92 Å². The van der Waals surface area contributed by atoms with Crippen LogP contribution in [0.4, 0.5) is 29.3 Å². The average molecular weight is 685 g/mol. The third-order valence-electron chi connectivity index (χ3n) is 8.57. The highest BCUT2D eigenvalue weighted by Crippen LogP contribution is 2.30. The lowest BCUT2D eigenvalue weighted by Gasteiger charge is -2.36. The minimum Gasteiger partial charge on any atom is -0.490 e. The van der Waals surface area contributed by atoms with Gasteiger partial charge in [-0.25, -0.2) is 4.79 Å². The Morgan fingerprint density at radius 1 is 1.02 bits per heavy atom. The van der Waals surface area contributed by atoms with E-state index in [1.165, 1.54) is 12.1 Å². The Hall–Kier alpha value is -4.13. The Morgan fingerprint density at radius 2 is 1.71 bits per heavy atom. The lowest BCUT2D eigenvalue weighted by molar-refractivity contribution is -0.137. The van der Waals surface area contributed by atoms with Crippen molar-refractivity contribution in [3.8, 4) is 5.75 Å². The van der Waals surface area contributed by atoms with Crippen LogP contribution in [0.2, 0.25) is 0 Å². The molecule has 0 fully saturated rings. The molecular formula is C37H47F3N4O5. The number of nitrogens with zero attached hydrogens (tertiary/aromatic N) is 2. The van der Waals surface area contributed by atoms with Gasteiger partial charge in [0.05, 0.1) is 36.0 Å². The molecule has 3 amide bonds. The van der Waals surface area contributed by atoms with E-state index in [-0.39, 0.29) is 42.7 Å². The quantitative estimate of drug-likeness (QED) is 0.231. The standard InChI is InChI=1S/C37H47F3N4O5/c1-25-21-44(26(2)24-45)35(46)32-20-31(42-36(47)41-30-11-6-5-7-12-30)17-18-33(32)49-27(3)10-8-9-19-48-34(25)23-43(4)22-28-13-15-29(16-14-28)37(38,39)40/h5-7,11-18,20,25-27,34,45H,8-10,19,21-24H2,1-4H3,(H2,41,42,47)/t25-,26-,27+,34-/m1/s1. The van der Waals surface area contributed by atoms with Gasteiger partial charge in [-0.15, -0.1) is 0 Å². The van der Waals surface area contributed by atoms with Crippen LogP contribution in [0, 0.1) is 5.92 Å². The molecule has 0 saturated carbocycles. The first-order chi connectivity index (χ1) is 23.3. The zero-order valence-electron chi connectivity index (χ0n) is 28.5. The number of fused-ring (bicyclic) bond motifs is 1. The summed E-state index contributed by atoms with van der Waals surface area (Å²) < 4.78 is 51.8. The van der Waals surface area contributed by atoms with Gasteiger partial charge < -0.3 is 30.1 Å². The fourth-order valence-electron chi connectivity index (χ4n) is 5.76. The first-order valence-corrected chi connectivity index (χ1v) is 16.7. The molecule has 1 aliphatic heterocycles. The number of aliphatic hydroxyl groups excluding tert-OH is 1. The van der Waals surface area contributed by atoms with Crippen LogP contribution >= 0.6 is 0 Å². The maximum atomic E-state index is 14.3. The van der Waals surface area contributed by atoms with Gasteiger partial charge in [0, 0.05) is 43.5 Å². The molecule has 0 aliphatic carbocycles. The summed E-state index contributed by atoms with van der Waals surface area (Å²) in [5, 5.41) is 15.8.